The number of anilines is 2. The molecule has 1 saturated heterocycles. The third-order valence-electron chi connectivity index (χ3n) is 6.19. The van der Waals surface area contributed by atoms with Gasteiger partial charge in [-0.05, 0) is 56.0 Å². The Morgan fingerprint density at radius 1 is 1.21 bits per heavy atom. The molecule has 174 valence electrons. The molecule has 0 spiro atoms. The summed E-state index contributed by atoms with van der Waals surface area (Å²) >= 11 is 5.53. The number of H-pyrrole nitrogens is 1. The number of rotatable bonds is 3. The third-order valence-corrected chi connectivity index (χ3v) is 6.37. The van der Waals surface area contributed by atoms with E-state index < -0.39 is 17.3 Å². The molecule has 4 aromatic rings. The molecule has 0 saturated carbocycles. The average molecular weight is 484 g/mol. The van der Waals surface area contributed by atoms with Crippen LogP contribution in [0.4, 0.5) is 20.3 Å². The van der Waals surface area contributed by atoms with Crippen molar-refractivity contribution in [2.24, 2.45) is 0 Å². The van der Waals surface area contributed by atoms with E-state index in [-0.39, 0.29) is 11.4 Å². The van der Waals surface area contributed by atoms with Gasteiger partial charge in [0.25, 0.3) is 0 Å². The van der Waals surface area contributed by atoms with E-state index in [1.807, 2.05) is 12.1 Å². The molecule has 4 aromatic heterocycles. The highest BCUT2D eigenvalue weighted by molar-refractivity contribution is 6.22. The standard InChI is InChI=1S/C23H20ClF2N7O/c1-12-17(20(23(24,25)26)32-33(12)16-6-2-3-10-34-16)22-30-18-13-7-9-27-11-15(13)29-21-14(19(18)31-22)5-4-8-28-21/h4-5,7-9,11,16H,2-3,6,10H2,1H3,(H,28,29)(H,30,31). The molecule has 2 N–H and O–H groups in total. The van der Waals surface area contributed by atoms with E-state index >= 15 is 0 Å². The predicted molar refractivity (Wildman–Crippen MR) is 123 cm³/mol. The number of imidazole rings is 1. The molecule has 2 aliphatic heterocycles. The van der Waals surface area contributed by atoms with Crippen molar-refractivity contribution in [1.29, 1.82) is 0 Å². The first-order chi connectivity index (χ1) is 16.4. The molecule has 6 rings (SSSR count). The summed E-state index contributed by atoms with van der Waals surface area (Å²) in [6.07, 6.45) is 7.15. The molecule has 0 aromatic carbocycles. The number of ether oxygens (including phenoxy) is 1. The minimum Gasteiger partial charge on any atom is -0.357 e. The summed E-state index contributed by atoms with van der Waals surface area (Å²) in [6, 6.07) is 5.51. The van der Waals surface area contributed by atoms with Crippen molar-refractivity contribution in [2.75, 3.05) is 11.9 Å². The van der Waals surface area contributed by atoms with Crippen molar-refractivity contribution in [3.63, 3.8) is 0 Å². The topological polar surface area (TPSA) is 93.5 Å². The van der Waals surface area contributed by atoms with Crippen LogP contribution in [-0.2, 0) is 10.1 Å². The molecule has 0 amide bonds. The number of aromatic amines is 1. The van der Waals surface area contributed by atoms with Crippen LogP contribution >= 0.6 is 11.6 Å². The minimum atomic E-state index is -3.69. The zero-order valence-electron chi connectivity index (χ0n) is 18.1. The van der Waals surface area contributed by atoms with E-state index in [4.69, 9.17) is 21.3 Å². The summed E-state index contributed by atoms with van der Waals surface area (Å²) in [5, 5.41) is 3.80. The van der Waals surface area contributed by atoms with E-state index in [1.165, 1.54) is 4.68 Å². The lowest BCUT2D eigenvalue weighted by Gasteiger charge is -2.24. The first-order valence-electron chi connectivity index (χ1n) is 11.0. The van der Waals surface area contributed by atoms with Crippen molar-refractivity contribution >= 4 is 23.1 Å². The first kappa shape index (κ1) is 21.2. The van der Waals surface area contributed by atoms with Gasteiger partial charge < -0.3 is 15.0 Å². The molecule has 1 atom stereocenters. The van der Waals surface area contributed by atoms with Gasteiger partial charge in [-0.1, -0.05) is 0 Å². The maximum Gasteiger partial charge on any atom is 0.367 e. The van der Waals surface area contributed by atoms with Gasteiger partial charge in [-0.25, -0.2) is 14.6 Å². The van der Waals surface area contributed by atoms with Crippen LogP contribution in [0.1, 0.15) is 36.9 Å². The fourth-order valence-electron chi connectivity index (χ4n) is 4.61. The van der Waals surface area contributed by atoms with Gasteiger partial charge in [0.15, 0.2) is 5.69 Å². The lowest BCUT2D eigenvalue weighted by Crippen LogP contribution is -2.20. The van der Waals surface area contributed by atoms with Gasteiger partial charge in [0.2, 0.25) is 0 Å². The summed E-state index contributed by atoms with van der Waals surface area (Å²) < 4.78 is 36.4. The molecule has 0 aliphatic carbocycles. The predicted octanol–water partition coefficient (Wildman–Crippen LogP) is 5.75. The summed E-state index contributed by atoms with van der Waals surface area (Å²) in [5.41, 5.74) is 3.61. The maximum atomic E-state index is 14.6. The van der Waals surface area contributed by atoms with Crippen LogP contribution in [-0.4, -0.2) is 36.3 Å². The average Bonchev–Trinajstić information content (AvgIpc) is 3.38. The van der Waals surface area contributed by atoms with Gasteiger partial charge in [-0.2, -0.15) is 13.9 Å². The SMILES string of the molecule is Cc1c(-c2nc3c([nH]2)-c2ccncc2Nc2ncccc2-3)c(C(F)(F)Cl)nn1C1CCCCO1. The summed E-state index contributed by atoms with van der Waals surface area (Å²) in [4.78, 5) is 16.7. The second-order valence-electron chi connectivity index (χ2n) is 8.33. The second-order valence-corrected chi connectivity index (χ2v) is 8.80. The van der Waals surface area contributed by atoms with E-state index in [0.717, 1.165) is 29.7 Å². The van der Waals surface area contributed by atoms with Gasteiger partial charge >= 0.3 is 5.38 Å². The Bertz CT molecular complexity index is 1330. The van der Waals surface area contributed by atoms with E-state index in [2.05, 4.69) is 25.4 Å². The highest BCUT2D eigenvalue weighted by Crippen LogP contribution is 2.45. The van der Waals surface area contributed by atoms with Crippen molar-refractivity contribution in [3.8, 4) is 33.9 Å². The van der Waals surface area contributed by atoms with Crippen LogP contribution in [0, 0.1) is 6.92 Å². The zero-order chi connectivity index (χ0) is 23.4. The Hall–Kier alpha value is -3.37. The fraction of sp³-hybridized carbons (Fsp3) is 0.304. The molecular formula is C23H20ClF2N7O. The molecule has 1 unspecified atom stereocenters. The Labute approximate surface area is 198 Å². The molecule has 0 radical (unpaired) electrons. The lowest BCUT2D eigenvalue weighted by molar-refractivity contribution is -0.0417. The van der Waals surface area contributed by atoms with Gasteiger partial charge in [0.1, 0.15) is 23.6 Å². The summed E-state index contributed by atoms with van der Waals surface area (Å²) in [5.74, 6) is 0.846. The second kappa shape index (κ2) is 7.85. The minimum absolute atomic E-state index is 0.163. The zero-order valence-corrected chi connectivity index (χ0v) is 18.9. The fourth-order valence-corrected chi connectivity index (χ4v) is 4.75. The van der Waals surface area contributed by atoms with Crippen LogP contribution in [0.3, 0.4) is 0 Å². The Morgan fingerprint density at radius 2 is 2.09 bits per heavy atom. The molecular weight excluding hydrogens is 464 g/mol. The largest absolute Gasteiger partial charge is 0.367 e. The van der Waals surface area contributed by atoms with Crippen molar-refractivity contribution in [3.05, 3.63) is 48.2 Å². The lowest BCUT2D eigenvalue weighted by atomic mass is 10.1. The molecule has 8 nitrogen and oxygen atoms in total. The van der Waals surface area contributed by atoms with Gasteiger partial charge in [-0.3, -0.25) is 4.98 Å². The number of alkyl halides is 3. The summed E-state index contributed by atoms with van der Waals surface area (Å²) in [6.45, 7) is 2.29. The third kappa shape index (κ3) is 3.36. The number of nitrogens with one attached hydrogen (secondary N) is 2. The Kier molecular flexibility index (Phi) is 4.89. The Morgan fingerprint density at radius 3 is 2.88 bits per heavy atom. The van der Waals surface area contributed by atoms with Gasteiger partial charge in [0, 0.05) is 35.8 Å². The number of hydrogen-bond donors (Lipinski definition) is 2. The van der Waals surface area contributed by atoms with Crippen LogP contribution in [0.25, 0.3) is 33.9 Å². The number of halogens is 3. The first-order valence-corrected chi connectivity index (χ1v) is 11.3. The van der Waals surface area contributed by atoms with Crippen LogP contribution in [0.15, 0.2) is 36.8 Å². The van der Waals surface area contributed by atoms with Gasteiger partial charge in [-0.15, -0.1) is 0 Å². The summed E-state index contributed by atoms with van der Waals surface area (Å²) in [7, 11) is 0. The van der Waals surface area contributed by atoms with Crippen LogP contribution in [0.2, 0.25) is 0 Å². The monoisotopic (exact) mass is 483 g/mol. The molecule has 11 heteroatoms. The van der Waals surface area contributed by atoms with Crippen molar-refractivity contribution in [2.45, 2.75) is 37.8 Å². The maximum absolute atomic E-state index is 14.6. The van der Waals surface area contributed by atoms with E-state index in [0.29, 0.717) is 35.9 Å². The number of hydrogen-bond acceptors (Lipinski definition) is 6. The van der Waals surface area contributed by atoms with Crippen molar-refractivity contribution in [1.82, 2.24) is 29.7 Å². The number of fused-ring (bicyclic) bond motifs is 5. The number of nitrogens with zero attached hydrogens (tertiary/aromatic N) is 5. The highest BCUT2D eigenvalue weighted by Gasteiger charge is 2.39. The number of pyridine rings is 2. The highest BCUT2D eigenvalue weighted by atomic mass is 35.5. The molecule has 2 aliphatic rings. The van der Waals surface area contributed by atoms with Gasteiger partial charge in [0.05, 0.1) is 23.1 Å². The number of aromatic nitrogens is 6. The molecule has 1 fully saturated rings. The molecule has 6 heterocycles. The molecule has 34 heavy (non-hydrogen) atoms. The quantitative estimate of drug-likeness (QED) is 0.317. The van der Waals surface area contributed by atoms with E-state index in [9.17, 15) is 8.78 Å². The van der Waals surface area contributed by atoms with Crippen LogP contribution < -0.4 is 5.32 Å². The normalized spacial score (nSPS) is 17.4. The molecule has 0 bridgehead atoms. The van der Waals surface area contributed by atoms with Crippen LogP contribution in [0.5, 0.6) is 0 Å². The Balaban J connectivity index is 1.58. The van der Waals surface area contributed by atoms with E-state index in [1.54, 1.807) is 31.6 Å². The van der Waals surface area contributed by atoms with Crippen molar-refractivity contribution < 1.29 is 13.5 Å². The smallest absolute Gasteiger partial charge is 0.357 e.